The first-order valence-corrected chi connectivity index (χ1v) is 5.25. The van der Waals surface area contributed by atoms with Crippen molar-refractivity contribution in [3.05, 3.63) is 11.9 Å². The van der Waals surface area contributed by atoms with Gasteiger partial charge in [-0.1, -0.05) is 0 Å². The molecule has 1 rings (SSSR count). The van der Waals surface area contributed by atoms with Crippen LogP contribution in [0, 0.1) is 6.92 Å². The molecular weight excluding hydrogens is 208 g/mol. The van der Waals surface area contributed by atoms with Gasteiger partial charge < -0.3 is 20.9 Å². The largest absolute Gasteiger partial charge is 0.394 e. The number of hydrogen-bond donors (Lipinski definition) is 3. The van der Waals surface area contributed by atoms with Gasteiger partial charge in [0.15, 0.2) is 0 Å². The lowest BCUT2D eigenvalue weighted by Crippen LogP contribution is -2.10. The normalized spacial score (nSPS) is 10.4. The van der Waals surface area contributed by atoms with Gasteiger partial charge in [-0.3, -0.25) is 0 Å². The Morgan fingerprint density at radius 1 is 1.44 bits per heavy atom. The van der Waals surface area contributed by atoms with Crippen LogP contribution >= 0.6 is 0 Å². The molecule has 0 bridgehead atoms. The monoisotopic (exact) mass is 226 g/mol. The second kappa shape index (κ2) is 6.97. The lowest BCUT2D eigenvalue weighted by molar-refractivity contribution is 0.0922. The molecule has 0 saturated heterocycles. The van der Waals surface area contributed by atoms with E-state index in [0.717, 1.165) is 24.3 Å². The predicted molar refractivity (Wildman–Crippen MR) is 62.2 cm³/mol. The summed E-state index contributed by atoms with van der Waals surface area (Å²) in [6, 6.07) is 0. The Bertz CT molecular complexity index is 320. The molecule has 1 aromatic rings. The highest BCUT2D eigenvalue weighted by Gasteiger charge is 2.02. The van der Waals surface area contributed by atoms with E-state index in [9.17, 15) is 0 Å². The number of nitrogens with two attached hydrogens (primary N) is 1. The van der Waals surface area contributed by atoms with Gasteiger partial charge in [-0.2, -0.15) is 0 Å². The van der Waals surface area contributed by atoms with Crippen molar-refractivity contribution in [2.45, 2.75) is 13.3 Å². The lowest BCUT2D eigenvalue weighted by atomic mass is 10.3. The van der Waals surface area contributed by atoms with Gasteiger partial charge in [0.25, 0.3) is 0 Å². The van der Waals surface area contributed by atoms with Gasteiger partial charge in [0.05, 0.1) is 13.2 Å². The third-order valence-corrected chi connectivity index (χ3v) is 2.12. The number of hydrogen-bond acceptors (Lipinski definition) is 6. The minimum absolute atomic E-state index is 0.0645. The molecule has 0 aliphatic carbocycles. The number of ether oxygens (including phenoxy) is 1. The van der Waals surface area contributed by atoms with Crippen molar-refractivity contribution in [1.29, 1.82) is 0 Å². The van der Waals surface area contributed by atoms with Crippen LogP contribution in [0.2, 0.25) is 0 Å². The average Bonchev–Trinajstić information content (AvgIpc) is 2.29. The topological polar surface area (TPSA) is 93.3 Å². The molecule has 90 valence electrons. The van der Waals surface area contributed by atoms with Crippen molar-refractivity contribution in [2.24, 2.45) is 0 Å². The summed E-state index contributed by atoms with van der Waals surface area (Å²) in [6.45, 7) is 3.70. The van der Waals surface area contributed by atoms with Crippen LogP contribution in [-0.4, -0.2) is 41.4 Å². The quantitative estimate of drug-likeness (QED) is 0.574. The SMILES string of the molecule is Cc1c(N)ncnc1NCCCOCCO. The maximum absolute atomic E-state index is 8.50. The highest BCUT2D eigenvalue weighted by atomic mass is 16.5. The van der Waals surface area contributed by atoms with Gasteiger partial charge in [0.1, 0.15) is 18.0 Å². The maximum Gasteiger partial charge on any atom is 0.134 e. The van der Waals surface area contributed by atoms with Crippen molar-refractivity contribution in [2.75, 3.05) is 37.4 Å². The van der Waals surface area contributed by atoms with Crippen LogP contribution in [0.3, 0.4) is 0 Å². The number of aliphatic hydroxyl groups is 1. The fraction of sp³-hybridized carbons (Fsp3) is 0.600. The van der Waals surface area contributed by atoms with Crippen LogP contribution in [0.4, 0.5) is 11.6 Å². The lowest BCUT2D eigenvalue weighted by Gasteiger charge is -2.09. The van der Waals surface area contributed by atoms with Crippen molar-refractivity contribution in [1.82, 2.24) is 9.97 Å². The molecule has 1 aromatic heterocycles. The van der Waals surface area contributed by atoms with E-state index in [1.54, 1.807) is 0 Å². The molecule has 1 heterocycles. The molecule has 0 aromatic carbocycles. The summed E-state index contributed by atoms with van der Waals surface area (Å²) < 4.78 is 5.13. The minimum atomic E-state index is 0.0645. The third-order valence-electron chi connectivity index (χ3n) is 2.12. The molecule has 0 aliphatic heterocycles. The van der Waals surface area contributed by atoms with Crippen LogP contribution in [0.15, 0.2) is 6.33 Å². The summed E-state index contributed by atoms with van der Waals surface area (Å²) in [4.78, 5) is 7.97. The van der Waals surface area contributed by atoms with Gasteiger partial charge in [0, 0.05) is 18.7 Å². The fourth-order valence-corrected chi connectivity index (χ4v) is 1.19. The Balaban J connectivity index is 2.24. The molecule has 6 nitrogen and oxygen atoms in total. The molecule has 0 atom stereocenters. The molecule has 0 fully saturated rings. The van der Waals surface area contributed by atoms with Gasteiger partial charge in [-0.25, -0.2) is 9.97 Å². The molecule has 0 aliphatic rings. The van der Waals surface area contributed by atoms with E-state index in [1.807, 2.05) is 6.92 Å². The van der Waals surface area contributed by atoms with E-state index < -0.39 is 0 Å². The molecule has 16 heavy (non-hydrogen) atoms. The Morgan fingerprint density at radius 2 is 2.25 bits per heavy atom. The molecule has 0 radical (unpaired) electrons. The number of nitrogen functional groups attached to an aromatic ring is 1. The fourth-order valence-electron chi connectivity index (χ4n) is 1.19. The number of aliphatic hydroxyl groups excluding tert-OH is 1. The van der Waals surface area contributed by atoms with Crippen LogP contribution in [-0.2, 0) is 4.74 Å². The maximum atomic E-state index is 8.50. The van der Waals surface area contributed by atoms with Gasteiger partial charge in [-0.05, 0) is 13.3 Å². The smallest absolute Gasteiger partial charge is 0.134 e. The Hall–Kier alpha value is -1.40. The summed E-state index contributed by atoms with van der Waals surface area (Å²) in [5.41, 5.74) is 6.51. The minimum Gasteiger partial charge on any atom is -0.394 e. The number of nitrogens with zero attached hydrogens (tertiary/aromatic N) is 2. The second-order valence-corrected chi connectivity index (χ2v) is 3.35. The predicted octanol–water partition coefficient (Wildman–Crippen LogP) is 0.178. The molecule has 0 amide bonds. The van der Waals surface area contributed by atoms with E-state index in [0.29, 0.717) is 19.0 Å². The Morgan fingerprint density at radius 3 is 3.00 bits per heavy atom. The summed E-state index contributed by atoms with van der Waals surface area (Å²) in [6.07, 6.45) is 2.29. The number of rotatable bonds is 7. The van der Waals surface area contributed by atoms with Crippen LogP contribution < -0.4 is 11.1 Å². The Kier molecular flexibility index (Phi) is 5.52. The van der Waals surface area contributed by atoms with Crippen LogP contribution in [0.5, 0.6) is 0 Å². The first-order chi connectivity index (χ1) is 7.75. The molecule has 0 unspecified atom stereocenters. The van der Waals surface area contributed by atoms with E-state index in [1.165, 1.54) is 6.33 Å². The van der Waals surface area contributed by atoms with E-state index >= 15 is 0 Å². The summed E-state index contributed by atoms with van der Waals surface area (Å²) in [7, 11) is 0. The van der Waals surface area contributed by atoms with E-state index in [2.05, 4.69) is 15.3 Å². The van der Waals surface area contributed by atoms with E-state index in [4.69, 9.17) is 15.6 Å². The number of nitrogens with one attached hydrogen (secondary N) is 1. The average molecular weight is 226 g/mol. The summed E-state index contributed by atoms with van der Waals surface area (Å²) >= 11 is 0. The van der Waals surface area contributed by atoms with E-state index in [-0.39, 0.29) is 6.61 Å². The molecule has 0 spiro atoms. The van der Waals surface area contributed by atoms with Crippen molar-refractivity contribution >= 4 is 11.6 Å². The van der Waals surface area contributed by atoms with Crippen LogP contribution in [0.1, 0.15) is 12.0 Å². The van der Waals surface area contributed by atoms with Crippen molar-refractivity contribution < 1.29 is 9.84 Å². The number of anilines is 2. The molecular formula is C10H18N4O2. The van der Waals surface area contributed by atoms with Gasteiger partial charge in [0.2, 0.25) is 0 Å². The molecule has 6 heteroatoms. The first kappa shape index (κ1) is 12.7. The summed E-state index contributed by atoms with van der Waals surface area (Å²) in [5.74, 6) is 1.25. The Labute approximate surface area is 94.9 Å². The van der Waals surface area contributed by atoms with Gasteiger partial charge >= 0.3 is 0 Å². The molecule has 4 N–H and O–H groups in total. The van der Waals surface area contributed by atoms with Crippen LogP contribution in [0.25, 0.3) is 0 Å². The highest BCUT2D eigenvalue weighted by Crippen LogP contribution is 2.14. The van der Waals surface area contributed by atoms with Gasteiger partial charge in [-0.15, -0.1) is 0 Å². The van der Waals surface area contributed by atoms with Crippen molar-refractivity contribution in [3.8, 4) is 0 Å². The molecule has 0 saturated carbocycles. The van der Waals surface area contributed by atoms with Crippen molar-refractivity contribution in [3.63, 3.8) is 0 Å². The highest BCUT2D eigenvalue weighted by molar-refractivity contribution is 5.53. The number of aromatic nitrogens is 2. The standard InChI is InChI=1S/C10H18N4O2/c1-8-9(11)13-7-14-10(8)12-3-2-5-16-6-4-15/h7,15H,2-6H2,1H3,(H3,11,12,13,14). The zero-order chi connectivity index (χ0) is 11.8. The zero-order valence-corrected chi connectivity index (χ0v) is 9.44. The first-order valence-electron chi connectivity index (χ1n) is 5.25. The third kappa shape index (κ3) is 4.00. The zero-order valence-electron chi connectivity index (χ0n) is 9.44. The summed E-state index contributed by atoms with van der Waals surface area (Å²) in [5, 5.41) is 11.7. The second-order valence-electron chi connectivity index (χ2n) is 3.35.